The van der Waals surface area contributed by atoms with Gasteiger partial charge in [0.1, 0.15) is 6.04 Å². The first-order valence-corrected chi connectivity index (χ1v) is 6.25. The molecule has 2 N–H and O–H groups in total. The van der Waals surface area contributed by atoms with E-state index in [4.69, 9.17) is 0 Å². The number of aromatic nitrogens is 2. The van der Waals surface area contributed by atoms with Crippen LogP contribution in [0.25, 0.3) is 0 Å². The van der Waals surface area contributed by atoms with Gasteiger partial charge >= 0.3 is 5.69 Å². The summed E-state index contributed by atoms with van der Waals surface area (Å²) in [7, 11) is 1.47. The summed E-state index contributed by atoms with van der Waals surface area (Å²) in [6, 6.07) is -0.746. The minimum Gasteiger partial charge on any atom is -0.357 e. The molecule has 2 rings (SSSR count). The van der Waals surface area contributed by atoms with Gasteiger partial charge in [-0.05, 0) is 6.92 Å². The first-order valence-electron chi connectivity index (χ1n) is 6.25. The number of likely N-dealkylation sites (tertiary alicyclic amines) is 1. The highest BCUT2D eigenvalue weighted by Crippen LogP contribution is 2.14. The Balaban J connectivity index is 2.30. The van der Waals surface area contributed by atoms with Crippen molar-refractivity contribution in [2.75, 3.05) is 13.6 Å². The molecule has 1 atom stereocenters. The minimum atomic E-state index is -0.746. The Morgan fingerprint density at radius 1 is 1.45 bits per heavy atom. The Hall–Kier alpha value is -2.38. The van der Waals surface area contributed by atoms with Crippen LogP contribution in [0.1, 0.15) is 12.0 Å². The van der Waals surface area contributed by atoms with Crippen LogP contribution < -0.4 is 16.6 Å². The third-order valence-electron chi connectivity index (χ3n) is 3.37. The van der Waals surface area contributed by atoms with Crippen molar-refractivity contribution in [2.24, 2.45) is 0 Å². The topological polar surface area (TPSA) is 104 Å². The van der Waals surface area contributed by atoms with Crippen molar-refractivity contribution in [1.29, 1.82) is 0 Å². The fraction of sp³-hybridized carbons (Fsp3) is 0.500. The lowest BCUT2D eigenvalue weighted by molar-refractivity contribution is -0.149. The molecule has 1 aliphatic rings. The number of H-pyrrole nitrogens is 1. The van der Waals surface area contributed by atoms with Crippen molar-refractivity contribution < 1.29 is 9.59 Å². The van der Waals surface area contributed by atoms with Crippen LogP contribution in [0.5, 0.6) is 0 Å². The summed E-state index contributed by atoms with van der Waals surface area (Å²) in [6.45, 7) is 2.08. The Morgan fingerprint density at radius 2 is 2.15 bits per heavy atom. The second-order valence-electron chi connectivity index (χ2n) is 4.69. The lowest BCUT2D eigenvalue weighted by Crippen LogP contribution is -2.57. The number of nitrogens with zero attached hydrogens (tertiary/aromatic N) is 2. The maximum atomic E-state index is 11.9. The number of aryl methyl sites for hydroxylation is 1. The van der Waals surface area contributed by atoms with Crippen LogP contribution in [-0.2, 0) is 16.1 Å². The predicted octanol–water partition coefficient (Wildman–Crippen LogP) is -1.81. The van der Waals surface area contributed by atoms with Gasteiger partial charge < -0.3 is 10.2 Å². The van der Waals surface area contributed by atoms with Crippen LogP contribution >= 0.6 is 0 Å². The van der Waals surface area contributed by atoms with Gasteiger partial charge in [-0.2, -0.15) is 0 Å². The van der Waals surface area contributed by atoms with Gasteiger partial charge in [0.15, 0.2) is 0 Å². The average molecular weight is 280 g/mol. The van der Waals surface area contributed by atoms with E-state index in [0.717, 1.165) is 0 Å². The number of nitrogens with one attached hydrogen (secondary N) is 2. The lowest BCUT2D eigenvalue weighted by Gasteiger charge is -2.37. The maximum absolute atomic E-state index is 11.9. The number of likely N-dealkylation sites (N-methyl/N-ethyl adjacent to an activating group) is 1. The first-order chi connectivity index (χ1) is 9.43. The smallest absolute Gasteiger partial charge is 0.328 e. The van der Waals surface area contributed by atoms with E-state index in [9.17, 15) is 19.2 Å². The van der Waals surface area contributed by atoms with Crippen LogP contribution in [0.3, 0.4) is 0 Å². The maximum Gasteiger partial charge on any atom is 0.328 e. The fourth-order valence-electron chi connectivity index (χ4n) is 2.09. The summed E-state index contributed by atoms with van der Waals surface area (Å²) in [5.41, 5.74) is -0.680. The van der Waals surface area contributed by atoms with Crippen molar-refractivity contribution in [3.8, 4) is 0 Å². The predicted molar refractivity (Wildman–Crippen MR) is 70.2 cm³/mol. The summed E-state index contributed by atoms with van der Waals surface area (Å²) in [5, 5.41) is 2.48. The zero-order valence-electron chi connectivity index (χ0n) is 11.3. The molecule has 108 valence electrons. The summed E-state index contributed by atoms with van der Waals surface area (Å²) in [6.07, 6.45) is 1.80. The molecule has 0 saturated carbocycles. The standard InChI is InChI=1S/C12H16N4O4/c1-7-5-15(12(20)14-10(7)18)6-8(11(19)13-2)16-4-3-9(16)17/h5,8H,3-4,6H2,1-2H3,(H,13,19)(H,14,18,20). The molecule has 1 aliphatic heterocycles. The molecule has 1 saturated heterocycles. The van der Waals surface area contributed by atoms with Gasteiger partial charge in [0, 0.05) is 31.8 Å². The Kier molecular flexibility index (Phi) is 3.73. The normalized spacial score (nSPS) is 15.7. The molecule has 1 fully saturated rings. The van der Waals surface area contributed by atoms with Crippen molar-refractivity contribution in [2.45, 2.75) is 25.9 Å². The van der Waals surface area contributed by atoms with E-state index in [-0.39, 0.29) is 18.4 Å². The zero-order chi connectivity index (χ0) is 14.9. The van der Waals surface area contributed by atoms with Gasteiger partial charge in [0.25, 0.3) is 5.56 Å². The van der Waals surface area contributed by atoms with Crippen LogP contribution in [-0.4, -0.2) is 45.9 Å². The Labute approximate surface area is 114 Å². The molecule has 1 aromatic heterocycles. The third kappa shape index (κ3) is 2.49. The Bertz CT molecular complexity index is 660. The molecular weight excluding hydrogens is 264 g/mol. The zero-order valence-corrected chi connectivity index (χ0v) is 11.3. The van der Waals surface area contributed by atoms with Gasteiger partial charge in [0.2, 0.25) is 11.8 Å². The highest BCUT2D eigenvalue weighted by molar-refractivity contribution is 5.90. The van der Waals surface area contributed by atoms with Crippen molar-refractivity contribution >= 4 is 11.8 Å². The van der Waals surface area contributed by atoms with E-state index < -0.39 is 17.3 Å². The number of rotatable bonds is 4. The molecule has 2 heterocycles. The number of amides is 2. The molecule has 0 bridgehead atoms. The Morgan fingerprint density at radius 3 is 2.65 bits per heavy atom. The molecule has 0 aromatic carbocycles. The highest BCUT2D eigenvalue weighted by Gasteiger charge is 2.35. The van der Waals surface area contributed by atoms with E-state index in [0.29, 0.717) is 18.5 Å². The van der Waals surface area contributed by atoms with E-state index in [2.05, 4.69) is 10.3 Å². The van der Waals surface area contributed by atoms with Crippen LogP contribution in [0.15, 0.2) is 15.8 Å². The lowest BCUT2D eigenvalue weighted by atomic mass is 10.1. The van der Waals surface area contributed by atoms with Crippen LogP contribution in [0, 0.1) is 6.92 Å². The molecule has 1 unspecified atom stereocenters. The summed E-state index contributed by atoms with van der Waals surface area (Å²) in [5.74, 6) is -0.457. The van der Waals surface area contributed by atoms with Gasteiger partial charge in [-0.1, -0.05) is 0 Å². The molecule has 2 amide bonds. The fourth-order valence-corrected chi connectivity index (χ4v) is 2.09. The van der Waals surface area contributed by atoms with Crippen LogP contribution in [0.2, 0.25) is 0 Å². The monoisotopic (exact) mass is 280 g/mol. The first kappa shape index (κ1) is 14.0. The SMILES string of the molecule is CNC(=O)C(Cn1cc(C)c(=O)[nH]c1=O)N1CCC1=O. The van der Waals surface area contributed by atoms with E-state index in [1.165, 1.54) is 22.7 Å². The van der Waals surface area contributed by atoms with Gasteiger partial charge in [-0.15, -0.1) is 0 Å². The van der Waals surface area contributed by atoms with Crippen molar-refractivity contribution in [3.05, 3.63) is 32.6 Å². The van der Waals surface area contributed by atoms with Gasteiger partial charge in [0.05, 0.1) is 6.54 Å². The largest absolute Gasteiger partial charge is 0.357 e. The molecule has 20 heavy (non-hydrogen) atoms. The molecule has 0 aliphatic carbocycles. The third-order valence-corrected chi connectivity index (χ3v) is 3.37. The summed E-state index contributed by atoms with van der Waals surface area (Å²) < 4.78 is 1.24. The number of carbonyl (C=O) groups excluding carboxylic acids is 2. The second kappa shape index (κ2) is 5.32. The number of hydrogen-bond donors (Lipinski definition) is 2. The van der Waals surface area contributed by atoms with Gasteiger partial charge in [-0.25, -0.2) is 4.79 Å². The number of aromatic amines is 1. The van der Waals surface area contributed by atoms with E-state index >= 15 is 0 Å². The highest BCUT2D eigenvalue weighted by atomic mass is 16.2. The number of carbonyl (C=O) groups is 2. The summed E-state index contributed by atoms with van der Waals surface area (Å²) >= 11 is 0. The van der Waals surface area contributed by atoms with E-state index in [1.807, 2.05) is 0 Å². The van der Waals surface area contributed by atoms with E-state index in [1.54, 1.807) is 6.92 Å². The number of β-lactam (4-membered cyclic amide) rings is 1. The molecule has 8 nitrogen and oxygen atoms in total. The average Bonchev–Trinajstić information content (AvgIpc) is 2.41. The summed E-state index contributed by atoms with van der Waals surface area (Å²) in [4.78, 5) is 50.0. The number of hydrogen-bond acceptors (Lipinski definition) is 4. The molecule has 0 spiro atoms. The van der Waals surface area contributed by atoms with Crippen molar-refractivity contribution in [3.63, 3.8) is 0 Å². The molecular formula is C12H16N4O4. The van der Waals surface area contributed by atoms with Gasteiger partial charge in [-0.3, -0.25) is 23.9 Å². The molecule has 1 aromatic rings. The quantitative estimate of drug-likeness (QED) is 0.634. The van der Waals surface area contributed by atoms with Crippen molar-refractivity contribution in [1.82, 2.24) is 19.8 Å². The minimum absolute atomic E-state index is 0.0157. The second-order valence-corrected chi connectivity index (χ2v) is 4.69. The van der Waals surface area contributed by atoms with Crippen LogP contribution in [0.4, 0.5) is 0 Å². The molecule has 8 heteroatoms. The molecule has 0 radical (unpaired) electrons.